The molecule has 6 heteroatoms. The summed E-state index contributed by atoms with van der Waals surface area (Å²) in [5.41, 5.74) is 6.33. The Hall–Kier alpha value is -2.24. The summed E-state index contributed by atoms with van der Waals surface area (Å²) in [6.45, 7) is 5.93. The van der Waals surface area contributed by atoms with E-state index in [0.29, 0.717) is 17.8 Å². The lowest BCUT2D eigenvalue weighted by atomic mass is 9.88. The van der Waals surface area contributed by atoms with Crippen LogP contribution in [-0.2, 0) is 4.79 Å². The van der Waals surface area contributed by atoms with Gasteiger partial charge < -0.3 is 15.8 Å². The van der Waals surface area contributed by atoms with E-state index in [4.69, 9.17) is 5.73 Å². The molecule has 0 aliphatic heterocycles. The third kappa shape index (κ3) is 4.61. The van der Waals surface area contributed by atoms with E-state index in [-0.39, 0.29) is 17.3 Å². The van der Waals surface area contributed by atoms with Gasteiger partial charge in [0.05, 0.1) is 11.7 Å². The number of Topliss-reactive ketones (excluding diaryl/α,β-unsaturated/α-hetero) is 1. The molecule has 23 heavy (non-hydrogen) atoms. The molecule has 3 N–H and O–H groups in total. The van der Waals surface area contributed by atoms with Crippen molar-refractivity contribution in [3.05, 3.63) is 18.5 Å². The fraction of sp³-hybridized carbons (Fsp3) is 0.529. The molecule has 0 saturated heterocycles. The van der Waals surface area contributed by atoms with Crippen molar-refractivity contribution in [2.24, 2.45) is 0 Å². The molecule has 0 radical (unpaired) electrons. The average Bonchev–Trinajstić information content (AvgIpc) is 2.51. The van der Waals surface area contributed by atoms with E-state index in [0.717, 1.165) is 31.1 Å². The summed E-state index contributed by atoms with van der Waals surface area (Å²) in [7, 11) is 0. The predicted octanol–water partition coefficient (Wildman–Crippen LogP) is 3.34. The molecule has 2 aromatic rings. The van der Waals surface area contributed by atoms with E-state index < -0.39 is 0 Å². The number of anilines is 2. The summed E-state index contributed by atoms with van der Waals surface area (Å²) in [6, 6.07) is 1.88. The monoisotopic (exact) mass is 315 g/mol. The number of unbranched alkanes of at least 4 members (excludes halogenated alkanes) is 1. The normalized spacial score (nSPS) is 13.7. The van der Waals surface area contributed by atoms with Gasteiger partial charge in [0, 0.05) is 23.5 Å². The Morgan fingerprint density at radius 1 is 1.35 bits per heavy atom. The van der Waals surface area contributed by atoms with E-state index >= 15 is 0 Å². The molecule has 2 aromatic heterocycles. The lowest BCUT2D eigenvalue weighted by Gasteiger charge is -2.32. The Bertz CT molecular complexity index is 688. The van der Waals surface area contributed by atoms with Crippen molar-refractivity contribution in [1.82, 2.24) is 15.0 Å². The van der Waals surface area contributed by atoms with Gasteiger partial charge in [0.15, 0.2) is 0 Å². The first-order chi connectivity index (χ1) is 10.9. The van der Waals surface area contributed by atoms with Gasteiger partial charge >= 0.3 is 0 Å². The van der Waals surface area contributed by atoms with Crippen molar-refractivity contribution >= 4 is 28.5 Å². The molecular weight excluding hydrogens is 290 g/mol. The summed E-state index contributed by atoms with van der Waals surface area (Å²) in [5, 5.41) is 4.41. The molecule has 0 aromatic carbocycles. The molecule has 0 aliphatic carbocycles. The van der Waals surface area contributed by atoms with Crippen LogP contribution in [0.1, 0.15) is 52.9 Å². The van der Waals surface area contributed by atoms with E-state index in [1.807, 2.05) is 6.07 Å². The molecule has 0 spiro atoms. The highest BCUT2D eigenvalue weighted by molar-refractivity contribution is 5.89. The summed E-state index contributed by atoms with van der Waals surface area (Å²) in [6.07, 6.45) is 7.86. The van der Waals surface area contributed by atoms with Crippen molar-refractivity contribution in [2.45, 2.75) is 58.4 Å². The first-order valence-electron chi connectivity index (χ1n) is 8.08. The topological polar surface area (TPSA) is 93.8 Å². The Kier molecular flexibility index (Phi) is 5.47. The molecular formula is C17H25N5O. The standard InChI is InChI=1S/C17H25N5O/c1-4-5-8-17(3,9-6-12(2)23)22-15-13-7-10-19-11-14(13)20-16(18)21-15/h7,10-11H,4-6,8-9H2,1-3H3,(H3,18,20,21,22)/t17-/m1/s1. The van der Waals surface area contributed by atoms with Crippen LogP contribution in [0.4, 0.5) is 11.8 Å². The van der Waals surface area contributed by atoms with Gasteiger partial charge in [-0.2, -0.15) is 4.98 Å². The highest BCUT2D eigenvalue weighted by Gasteiger charge is 2.25. The zero-order valence-electron chi connectivity index (χ0n) is 14.1. The Morgan fingerprint density at radius 2 is 2.13 bits per heavy atom. The second-order valence-electron chi connectivity index (χ2n) is 6.31. The van der Waals surface area contributed by atoms with Crippen LogP contribution in [0, 0.1) is 0 Å². The Balaban J connectivity index is 2.33. The molecule has 0 amide bonds. The lowest BCUT2D eigenvalue weighted by molar-refractivity contribution is -0.117. The number of hydrogen-bond donors (Lipinski definition) is 2. The number of hydrogen-bond acceptors (Lipinski definition) is 6. The second kappa shape index (κ2) is 7.35. The smallest absolute Gasteiger partial charge is 0.222 e. The van der Waals surface area contributed by atoms with Gasteiger partial charge in [-0.3, -0.25) is 4.98 Å². The number of nitrogens with zero attached hydrogens (tertiary/aromatic N) is 3. The van der Waals surface area contributed by atoms with Crippen molar-refractivity contribution in [3.63, 3.8) is 0 Å². The highest BCUT2D eigenvalue weighted by atomic mass is 16.1. The summed E-state index contributed by atoms with van der Waals surface area (Å²) in [5.74, 6) is 1.13. The van der Waals surface area contributed by atoms with Crippen LogP contribution >= 0.6 is 0 Å². The van der Waals surface area contributed by atoms with Crippen molar-refractivity contribution in [1.29, 1.82) is 0 Å². The van der Waals surface area contributed by atoms with Gasteiger partial charge in [-0.05, 0) is 32.8 Å². The fourth-order valence-electron chi connectivity index (χ4n) is 2.65. The maximum Gasteiger partial charge on any atom is 0.222 e. The number of aromatic nitrogens is 3. The number of pyridine rings is 1. The molecule has 2 rings (SSSR count). The van der Waals surface area contributed by atoms with Gasteiger partial charge in [0.2, 0.25) is 5.95 Å². The molecule has 0 aliphatic rings. The highest BCUT2D eigenvalue weighted by Crippen LogP contribution is 2.29. The predicted molar refractivity (Wildman–Crippen MR) is 93.2 cm³/mol. The largest absolute Gasteiger partial charge is 0.368 e. The molecule has 0 unspecified atom stereocenters. The summed E-state index contributed by atoms with van der Waals surface area (Å²) >= 11 is 0. The van der Waals surface area contributed by atoms with Crippen LogP contribution in [0.3, 0.4) is 0 Å². The van der Waals surface area contributed by atoms with Crippen molar-refractivity contribution in [2.75, 3.05) is 11.1 Å². The lowest BCUT2D eigenvalue weighted by Crippen LogP contribution is -2.36. The summed E-state index contributed by atoms with van der Waals surface area (Å²) in [4.78, 5) is 24.1. The first-order valence-corrected chi connectivity index (χ1v) is 8.08. The summed E-state index contributed by atoms with van der Waals surface area (Å²) < 4.78 is 0. The molecule has 1 atom stereocenters. The zero-order chi connectivity index (χ0) is 16.9. The molecule has 124 valence electrons. The SMILES string of the molecule is CCCC[C@](C)(CCC(C)=O)Nc1nc(N)nc2cnccc12. The fourth-order valence-corrected chi connectivity index (χ4v) is 2.65. The number of carbonyl (C=O) groups excluding carboxylic acids is 1. The minimum absolute atomic E-state index is 0.200. The number of nitrogens with one attached hydrogen (secondary N) is 1. The van der Waals surface area contributed by atoms with E-state index in [9.17, 15) is 4.79 Å². The van der Waals surface area contributed by atoms with Crippen LogP contribution in [0.25, 0.3) is 10.9 Å². The number of ketones is 1. The third-order valence-electron chi connectivity index (χ3n) is 4.05. The Labute approximate surface area is 136 Å². The minimum atomic E-state index is -0.210. The quantitative estimate of drug-likeness (QED) is 0.776. The van der Waals surface area contributed by atoms with Gasteiger partial charge in [-0.1, -0.05) is 19.8 Å². The van der Waals surface area contributed by atoms with Crippen LogP contribution in [0.15, 0.2) is 18.5 Å². The molecule has 0 bridgehead atoms. The maximum atomic E-state index is 11.4. The van der Waals surface area contributed by atoms with Gasteiger partial charge in [-0.15, -0.1) is 0 Å². The van der Waals surface area contributed by atoms with E-state index in [1.165, 1.54) is 0 Å². The number of rotatable bonds is 8. The molecule has 6 nitrogen and oxygen atoms in total. The number of nitrogen functional groups attached to an aromatic ring is 1. The van der Waals surface area contributed by atoms with Crippen LogP contribution < -0.4 is 11.1 Å². The Morgan fingerprint density at radius 3 is 2.83 bits per heavy atom. The first kappa shape index (κ1) is 17.1. The van der Waals surface area contributed by atoms with Crippen molar-refractivity contribution in [3.8, 4) is 0 Å². The number of nitrogens with two attached hydrogens (primary N) is 1. The average molecular weight is 315 g/mol. The minimum Gasteiger partial charge on any atom is -0.368 e. The van der Waals surface area contributed by atoms with E-state index in [1.54, 1.807) is 19.3 Å². The number of carbonyl (C=O) groups is 1. The van der Waals surface area contributed by atoms with Gasteiger partial charge in [-0.25, -0.2) is 4.98 Å². The third-order valence-corrected chi connectivity index (χ3v) is 4.05. The van der Waals surface area contributed by atoms with Gasteiger partial charge in [0.25, 0.3) is 0 Å². The number of fused-ring (bicyclic) bond motifs is 1. The second-order valence-corrected chi connectivity index (χ2v) is 6.31. The zero-order valence-corrected chi connectivity index (χ0v) is 14.1. The molecule has 2 heterocycles. The van der Waals surface area contributed by atoms with Crippen LogP contribution in [0.5, 0.6) is 0 Å². The van der Waals surface area contributed by atoms with Crippen LogP contribution in [-0.4, -0.2) is 26.3 Å². The van der Waals surface area contributed by atoms with Crippen LogP contribution in [0.2, 0.25) is 0 Å². The van der Waals surface area contributed by atoms with E-state index in [2.05, 4.69) is 34.1 Å². The maximum absolute atomic E-state index is 11.4. The molecule has 0 saturated carbocycles. The molecule has 0 fully saturated rings. The van der Waals surface area contributed by atoms with Gasteiger partial charge in [0.1, 0.15) is 11.6 Å². The van der Waals surface area contributed by atoms with Crippen molar-refractivity contribution < 1.29 is 4.79 Å².